The number of likely N-dealkylation sites (tertiary alicyclic amines) is 1. The fourth-order valence-corrected chi connectivity index (χ4v) is 4.35. The molecule has 1 saturated heterocycles. The first kappa shape index (κ1) is 31.5. The molecule has 4 rings (SSSR count). The zero-order valence-electron chi connectivity index (χ0n) is 20.4. The van der Waals surface area contributed by atoms with Crippen molar-refractivity contribution in [2.24, 2.45) is 5.92 Å². The summed E-state index contributed by atoms with van der Waals surface area (Å²) in [7, 11) is 1.55. The van der Waals surface area contributed by atoms with Crippen molar-refractivity contribution < 1.29 is 55.7 Å². The third-order valence-electron chi connectivity index (χ3n) is 5.81. The van der Waals surface area contributed by atoms with Crippen LogP contribution in [0.1, 0.15) is 28.7 Å². The standard InChI is InChI=1S/C20H23N3O2.2C2HF3O2/c1-25-13-19(24)22-20-16-7-3-2-6-15(16)17-11-23(12-18(17)20)10-14-5-4-8-21-9-14;2*3-2(4,5)1(6)7/h2-9,17-18,20H,10-13H2,1H3,(H,22,24);2*(H,6,7)/t17-,18-,20+;;/m0../s1. The minimum Gasteiger partial charge on any atom is -0.475 e. The smallest absolute Gasteiger partial charge is 0.475 e. The number of aliphatic carboxylic acids is 2. The number of nitrogens with one attached hydrogen (secondary N) is 1. The third-order valence-corrected chi connectivity index (χ3v) is 5.81. The number of alkyl halides is 6. The Kier molecular flexibility index (Phi) is 10.8. The molecule has 9 nitrogen and oxygen atoms in total. The number of nitrogens with zero attached hydrogens (tertiary/aromatic N) is 2. The molecule has 15 heteroatoms. The number of carbonyl (C=O) groups excluding carboxylic acids is 1. The molecule has 0 bridgehead atoms. The number of amides is 1. The number of carbonyl (C=O) groups is 3. The van der Waals surface area contributed by atoms with Gasteiger partial charge in [0.25, 0.3) is 0 Å². The monoisotopic (exact) mass is 565 g/mol. The van der Waals surface area contributed by atoms with E-state index < -0.39 is 24.3 Å². The number of hydrogen-bond acceptors (Lipinski definition) is 6. The van der Waals surface area contributed by atoms with Gasteiger partial charge >= 0.3 is 24.3 Å². The molecule has 1 amide bonds. The van der Waals surface area contributed by atoms with Crippen LogP contribution >= 0.6 is 0 Å². The van der Waals surface area contributed by atoms with E-state index in [1.54, 1.807) is 13.3 Å². The van der Waals surface area contributed by atoms with Gasteiger partial charge in [-0.3, -0.25) is 14.7 Å². The Bertz CT molecular complexity index is 1110. The molecule has 0 unspecified atom stereocenters. The van der Waals surface area contributed by atoms with Crippen LogP contribution in [0.2, 0.25) is 0 Å². The third kappa shape index (κ3) is 9.21. The molecule has 2 aliphatic rings. The van der Waals surface area contributed by atoms with Crippen LogP contribution in [0.15, 0.2) is 48.8 Å². The van der Waals surface area contributed by atoms with Gasteiger partial charge in [-0.25, -0.2) is 9.59 Å². The summed E-state index contributed by atoms with van der Waals surface area (Å²) in [5, 5.41) is 17.4. The van der Waals surface area contributed by atoms with Crippen molar-refractivity contribution in [2.75, 3.05) is 26.8 Å². The number of carboxylic acids is 2. The molecule has 3 atom stereocenters. The molecular formula is C24H25F6N3O6. The largest absolute Gasteiger partial charge is 0.490 e. The molecule has 214 valence electrons. The van der Waals surface area contributed by atoms with E-state index in [0.29, 0.717) is 11.8 Å². The first-order valence-corrected chi connectivity index (χ1v) is 11.2. The number of ether oxygens (including phenoxy) is 1. The Labute approximate surface area is 218 Å². The van der Waals surface area contributed by atoms with Crippen molar-refractivity contribution in [1.29, 1.82) is 0 Å². The molecule has 3 N–H and O–H groups in total. The Balaban J connectivity index is 0.000000317. The van der Waals surface area contributed by atoms with Crippen molar-refractivity contribution in [3.8, 4) is 0 Å². The van der Waals surface area contributed by atoms with Crippen LogP contribution in [0, 0.1) is 5.92 Å². The molecule has 0 spiro atoms. The van der Waals surface area contributed by atoms with Gasteiger partial charge in [-0.2, -0.15) is 26.3 Å². The quantitative estimate of drug-likeness (QED) is 0.471. The van der Waals surface area contributed by atoms with E-state index in [2.05, 4.69) is 45.5 Å². The number of halogens is 6. The molecule has 1 aromatic carbocycles. The summed E-state index contributed by atoms with van der Waals surface area (Å²) in [5.74, 6) is -4.68. The maximum atomic E-state index is 12.1. The van der Waals surface area contributed by atoms with Gasteiger partial charge in [0.2, 0.25) is 5.91 Å². The highest BCUT2D eigenvalue weighted by molar-refractivity contribution is 5.78. The van der Waals surface area contributed by atoms with Crippen LogP contribution in [0.3, 0.4) is 0 Å². The van der Waals surface area contributed by atoms with Crippen molar-refractivity contribution in [3.05, 3.63) is 65.5 Å². The second-order valence-corrected chi connectivity index (χ2v) is 8.54. The van der Waals surface area contributed by atoms with E-state index in [9.17, 15) is 31.1 Å². The fraction of sp³-hybridized carbons (Fsp3) is 0.417. The van der Waals surface area contributed by atoms with E-state index in [1.807, 2.05) is 12.3 Å². The highest BCUT2D eigenvalue weighted by Crippen LogP contribution is 2.49. The summed E-state index contributed by atoms with van der Waals surface area (Å²) >= 11 is 0. The maximum Gasteiger partial charge on any atom is 0.490 e. The molecule has 2 aromatic rings. The van der Waals surface area contributed by atoms with E-state index in [1.165, 1.54) is 16.7 Å². The number of hydrogen-bond donors (Lipinski definition) is 3. The lowest BCUT2D eigenvalue weighted by atomic mass is 9.94. The lowest BCUT2D eigenvalue weighted by molar-refractivity contribution is -0.193. The number of rotatable bonds is 5. The summed E-state index contributed by atoms with van der Waals surface area (Å²) in [5.41, 5.74) is 3.88. The van der Waals surface area contributed by atoms with Gasteiger partial charge in [-0.15, -0.1) is 0 Å². The summed E-state index contributed by atoms with van der Waals surface area (Å²) in [6.45, 7) is 3.01. The summed E-state index contributed by atoms with van der Waals surface area (Å²) in [6.07, 6.45) is -6.43. The lowest BCUT2D eigenvalue weighted by Gasteiger charge is -2.23. The van der Waals surface area contributed by atoms with Crippen molar-refractivity contribution >= 4 is 17.8 Å². The molecule has 1 fully saturated rings. The molecular weight excluding hydrogens is 540 g/mol. The minimum absolute atomic E-state index is 0.0475. The summed E-state index contributed by atoms with van der Waals surface area (Å²) in [4.78, 5) is 36.6. The van der Waals surface area contributed by atoms with Crippen LogP contribution in [0.5, 0.6) is 0 Å². The SMILES string of the molecule is COCC(=O)N[C@@H]1c2ccccc2[C@@H]2CN(Cc3cccnc3)C[C@H]12.O=C(O)C(F)(F)F.O=C(O)C(F)(F)F. The topological polar surface area (TPSA) is 129 Å². The molecule has 0 radical (unpaired) electrons. The first-order chi connectivity index (χ1) is 18.1. The zero-order chi connectivity index (χ0) is 29.4. The maximum absolute atomic E-state index is 12.1. The summed E-state index contributed by atoms with van der Waals surface area (Å²) in [6, 6.07) is 12.7. The van der Waals surface area contributed by atoms with Crippen LogP contribution < -0.4 is 5.32 Å². The van der Waals surface area contributed by atoms with E-state index in [4.69, 9.17) is 24.5 Å². The molecule has 1 aliphatic carbocycles. The number of pyridine rings is 1. The first-order valence-electron chi connectivity index (χ1n) is 11.2. The van der Waals surface area contributed by atoms with Crippen molar-refractivity contribution in [2.45, 2.75) is 30.9 Å². The Hall–Kier alpha value is -3.72. The minimum atomic E-state index is -5.08. The number of fused-ring (bicyclic) bond motifs is 3. The molecule has 1 aromatic heterocycles. The second-order valence-electron chi connectivity index (χ2n) is 8.54. The fourth-order valence-electron chi connectivity index (χ4n) is 4.35. The van der Waals surface area contributed by atoms with Crippen LogP contribution in [0.4, 0.5) is 26.3 Å². The molecule has 1 aliphatic heterocycles. The number of benzene rings is 1. The average Bonchev–Trinajstić information content (AvgIpc) is 3.37. The van der Waals surface area contributed by atoms with E-state index in [0.717, 1.165) is 19.6 Å². The number of carboxylic acid groups (broad SMARTS) is 2. The highest BCUT2D eigenvalue weighted by atomic mass is 19.4. The highest BCUT2D eigenvalue weighted by Gasteiger charge is 2.46. The Morgan fingerprint density at radius 2 is 1.54 bits per heavy atom. The van der Waals surface area contributed by atoms with Gasteiger partial charge in [0.05, 0.1) is 6.04 Å². The number of aromatic nitrogens is 1. The Morgan fingerprint density at radius 3 is 2.03 bits per heavy atom. The predicted molar refractivity (Wildman–Crippen MR) is 122 cm³/mol. The lowest BCUT2D eigenvalue weighted by Crippen LogP contribution is -2.35. The van der Waals surface area contributed by atoms with E-state index >= 15 is 0 Å². The molecule has 0 saturated carbocycles. The van der Waals surface area contributed by atoms with Crippen molar-refractivity contribution in [1.82, 2.24) is 15.2 Å². The van der Waals surface area contributed by atoms with Gasteiger partial charge in [0.1, 0.15) is 6.61 Å². The van der Waals surface area contributed by atoms with Gasteiger partial charge < -0.3 is 20.3 Å². The van der Waals surface area contributed by atoms with Gasteiger partial charge in [-0.05, 0) is 22.8 Å². The second kappa shape index (κ2) is 13.4. The van der Waals surface area contributed by atoms with E-state index in [-0.39, 0.29) is 18.6 Å². The van der Waals surface area contributed by atoms with Crippen LogP contribution in [-0.2, 0) is 25.7 Å². The van der Waals surface area contributed by atoms with Gasteiger partial charge in [0, 0.05) is 51.0 Å². The zero-order valence-corrected chi connectivity index (χ0v) is 20.4. The average molecular weight is 565 g/mol. The molecule has 39 heavy (non-hydrogen) atoms. The van der Waals surface area contributed by atoms with Gasteiger partial charge in [0.15, 0.2) is 0 Å². The van der Waals surface area contributed by atoms with Crippen LogP contribution in [0.25, 0.3) is 0 Å². The Morgan fingerprint density at radius 1 is 0.974 bits per heavy atom. The molecule has 2 heterocycles. The predicted octanol–water partition coefficient (Wildman–Crippen LogP) is 3.38. The normalized spacial score (nSPS) is 19.9. The van der Waals surface area contributed by atoms with Gasteiger partial charge in [-0.1, -0.05) is 30.3 Å². The van der Waals surface area contributed by atoms with Crippen LogP contribution in [-0.4, -0.2) is 77.1 Å². The summed E-state index contributed by atoms with van der Waals surface area (Å²) < 4.78 is 68.5. The number of methoxy groups -OCH3 is 1. The van der Waals surface area contributed by atoms with Crippen molar-refractivity contribution in [3.63, 3.8) is 0 Å².